The highest BCUT2D eigenvalue weighted by Crippen LogP contribution is 2.25. The average molecular weight is 349 g/mol. The summed E-state index contributed by atoms with van der Waals surface area (Å²) in [6, 6.07) is 6.95. The van der Waals surface area contributed by atoms with Gasteiger partial charge in [-0.05, 0) is 36.1 Å². The van der Waals surface area contributed by atoms with Crippen molar-refractivity contribution >= 4 is 39.1 Å². The van der Waals surface area contributed by atoms with E-state index in [0.717, 1.165) is 5.56 Å². The van der Waals surface area contributed by atoms with E-state index in [1.165, 1.54) is 22.2 Å². The van der Waals surface area contributed by atoms with Crippen LogP contribution in [0.5, 0.6) is 5.75 Å². The summed E-state index contributed by atoms with van der Waals surface area (Å²) < 4.78 is 6.67. The fraction of sp³-hybridized carbons (Fsp3) is 0.188. The first kappa shape index (κ1) is 15.7. The largest absolute Gasteiger partial charge is 0.425 e. The second-order valence-electron chi connectivity index (χ2n) is 5.04. The van der Waals surface area contributed by atoms with Gasteiger partial charge >= 0.3 is 5.97 Å². The minimum atomic E-state index is -0.449. The Kier molecular flexibility index (Phi) is 4.45. The van der Waals surface area contributed by atoms with Crippen LogP contribution >= 0.6 is 22.9 Å². The molecule has 0 fully saturated rings. The Balaban J connectivity index is 1.69. The molecule has 0 N–H and O–H groups in total. The van der Waals surface area contributed by atoms with Gasteiger partial charge in [0.05, 0.1) is 23.2 Å². The van der Waals surface area contributed by atoms with Crippen LogP contribution in [0.1, 0.15) is 12.0 Å². The van der Waals surface area contributed by atoms with E-state index in [9.17, 15) is 9.59 Å². The molecular formula is C16H13ClN2O3S. The molecule has 7 heteroatoms. The SMILES string of the molecule is Cc1ccc(Cl)c(OC(=O)CCn2cnc3sccc3c2=O)c1. The smallest absolute Gasteiger partial charge is 0.313 e. The lowest BCUT2D eigenvalue weighted by Crippen LogP contribution is -2.22. The molecule has 0 aliphatic heterocycles. The molecule has 2 aromatic heterocycles. The molecule has 118 valence electrons. The Morgan fingerprint density at radius 3 is 3.04 bits per heavy atom. The molecule has 3 aromatic rings. The minimum absolute atomic E-state index is 0.0570. The predicted molar refractivity (Wildman–Crippen MR) is 90.3 cm³/mol. The van der Waals surface area contributed by atoms with E-state index >= 15 is 0 Å². The van der Waals surface area contributed by atoms with Crippen molar-refractivity contribution in [1.82, 2.24) is 9.55 Å². The normalized spacial score (nSPS) is 10.9. The summed E-state index contributed by atoms with van der Waals surface area (Å²) in [5.41, 5.74) is 0.790. The highest BCUT2D eigenvalue weighted by molar-refractivity contribution is 7.16. The maximum atomic E-state index is 12.2. The van der Waals surface area contributed by atoms with Gasteiger partial charge in [0.15, 0.2) is 0 Å². The van der Waals surface area contributed by atoms with Crippen LogP contribution in [0, 0.1) is 6.92 Å². The summed E-state index contributed by atoms with van der Waals surface area (Å²) in [5, 5.41) is 2.76. The van der Waals surface area contributed by atoms with E-state index in [-0.39, 0.29) is 18.5 Å². The topological polar surface area (TPSA) is 61.2 Å². The molecule has 3 rings (SSSR count). The van der Waals surface area contributed by atoms with Crippen LogP contribution in [0.4, 0.5) is 0 Å². The molecule has 23 heavy (non-hydrogen) atoms. The van der Waals surface area contributed by atoms with E-state index < -0.39 is 5.97 Å². The maximum Gasteiger partial charge on any atom is 0.313 e. The van der Waals surface area contributed by atoms with E-state index in [1.807, 2.05) is 18.4 Å². The van der Waals surface area contributed by atoms with Crippen LogP contribution in [0.15, 0.2) is 40.8 Å². The molecule has 0 bridgehead atoms. The third-order valence-corrected chi connectivity index (χ3v) is 4.45. The fourth-order valence-corrected chi connectivity index (χ4v) is 3.01. The molecule has 1 aromatic carbocycles. The zero-order valence-electron chi connectivity index (χ0n) is 12.3. The summed E-state index contributed by atoms with van der Waals surface area (Å²) in [6.07, 6.45) is 1.51. The van der Waals surface area contributed by atoms with Crippen molar-refractivity contribution in [3.63, 3.8) is 0 Å². The van der Waals surface area contributed by atoms with Crippen LogP contribution in [0.2, 0.25) is 5.02 Å². The Labute approximate surface area is 141 Å². The van der Waals surface area contributed by atoms with Crippen molar-refractivity contribution < 1.29 is 9.53 Å². The first-order chi connectivity index (χ1) is 11.0. The number of aromatic nitrogens is 2. The van der Waals surface area contributed by atoms with Gasteiger partial charge in [-0.25, -0.2) is 4.98 Å². The number of hydrogen-bond acceptors (Lipinski definition) is 5. The zero-order valence-corrected chi connectivity index (χ0v) is 13.9. The number of nitrogens with zero attached hydrogens (tertiary/aromatic N) is 2. The van der Waals surface area contributed by atoms with Gasteiger partial charge in [-0.3, -0.25) is 14.2 Å². The quantitative estimate of drug-likeness (QED) is 0.535. The van der Waals surface area contributed by atoms with Crippen molar-refractivity contribution in [3.05, 3.63) is 56.9 Å². The Hall–Kier alpha value is -2.18. The number of carbonyl (C=O) groups excluding carboxylic acids is 1. The van der Waals surface area contributed by atoms with E-state index in [2.05, 4.69) is 4.98 Å². The first-order valence-corrected chi connectivity index (χ1v) is 8.20. The van der Waals surface area contributed by atoms with Crippen molar-refractivity contribution in [2.75, 3.05) is 0 Å². The minimum Gasteiger partial charge on any atom is -0.425 e. The molecule has 0 atom stereocenters. The molecule has 0 spiro atoms. The van der Waals surface area contributed by atoms with Crippen LogP contribution in [0.3, 0.4) is 0 Å². The van der Waals surface area contributed by atoms with Crippen LogP contribution < -0.4 is 10.3 Å². The molecule has 0 aliphatic rings. The van der Waals surface area contributed by atoms with Crippen molar-refractivity contribution in [2.45, 2.75) is 19.9 Å². The molecule has 0 amide bonds. The number of benzene rings is 1. The molecule has 0 aliphatic carbocycles. The number of aryl methyl sites for hydroxylation is 2. The molecule has 0 unspecified atom stereocenters. The lowest BCUT2D eigenvalue weighted by molar-refractivity contribution is -0.134. The summed E-state index contributed by atoms with van der Waals surface area (Å²) in [4.78, 5) is 29.1. The third-order valence-electron chi connectivity index (χ3n) is 3.32. The highest BCUT2D eigenvalue weighted by Gasteiger charge is 2.11. The number of ether oxygens (including phenoxy) is 1. The highest BCUT2D eigenvalue weighted by atomic mass is 35.5. The van der Waals surface area contributed by atoms with Gasteiger partial charge in [-0.2, -0.15) is 0 Å². The molecular weight excluding hydrogens is 336 g/mol. The summed E-state index contributed by atoms with van der Waals surface area (Å²) >= 11 is 7.40. The van der Waals surface area contributed by atoms with Gasteiger partial charge in [0.2, 0.25) is 0 Å². The average Bonchev–Trinajstić information content (AvgIpc) is 3.00. The van der Waals surface area contributed by atoms with E-state index in [1.54, 1.807) is 18.2 Å². The lowest BCUT2D eigenvalue weighted by atomic mass is 10.2. The standard InChI is InChI=1S/C16H13ClN2O3S/c1-10-2-3-12(17)13(8-10)22-14(20)4-6-19-9-18-15-11(16(19)21)5-7-23-15/h2-3,5,7-9H,4,6H2,1H3. The van der Waals surface area contributed by atoms with E-state index in [0.29, 0.717) is 21.0 Å². The van der Waals surface area contributed by atoms with Gasteiger partial charge in [-0.1, -0.05) is 17.7 Å². The monoisotopic (exact) mass is 348 g/mol. The van der Waals surface area contributed by atoms with Gasteiger partial charge in [0, 0.05) is 6.54 Å². The number of fused-ring (bicyclic) bond motifs is 1. The number of hydrogen-bond donors (Lipinski definition) is 0. The molecule has 0 saturated heterocycles. The number of rotatable bonds is 4. The van der Waals surface area contributed by atoms with Gasteiger partial charge < -0.3 is 4.74 Å². The Morgan fingerprint density at radius 1 is 1.39 bits per heavy atom. The van der Waals surface area contributed by atoms with Crippen molar-refractivity contribution in [2.24, 2.45) is 0 Å². The van der Waals surface area contributed by atoms with Crippen LogP contribution in [-0.4, -0.2) is 15.5 Å². The van der Waals surface area contributed by atoms with Crippen molar-refractivity contribution in [3.8, 4) is 5.75 Å². The predicted octanol–water partition coefficient (Wildman–Crippen LogP) is 3.42. The maximum absolute atomic E-state index is 12.2. The second kappa shape index (κ2) is 6.52. The number of halogens is 1. The van der Waals surface area contributed by atoms with Crippen LogP contribution in [-0.2, 0) is 11.3 Å². The lowest BCUT2D eigenvalue weighted by Gasteiger charge is -2.08. The molecule has 0 radical (unpaired) electrons. The number of carbonyl (C=O) groups is 1. The first-order valence-electron chi connectivity index (χ1n) is 6.94. The van der Waals surface area contributed by atoms with Gasteiger partial charge in [-0.15, -0.1) is 11.3 Å². The van der Waals surface area contributed by atoms with Gasteiger partial charge in [0.25, 0.3) is 5.56 Å². The van der Waals surface area contributed by atoms with Crippen molar-refractivity contribution in [1.29, 1.82) is 0 Å². The Morgan fingerprint density at radius 2 is 2.22 bits per heavy atom. The number of thiophene rings is 1. The van der Waals surface area contributed by atoms with Gasteiger partial charge in [0.1, 0.15) is 10.6 Å². The van der Waals surface area contributed by atoms with Crippen LogP contribution in [0.25, 0.3) is 10.2 Å². The number of esters is 1. The third kappa shape index (κ3) is 3.43. The van der Waals surface area contributed by atoms with E-state index in [4.69, 9.17) is 16.3 Å². The molecule has 5 nitrogen and oxygen atoms in total. The Bertz CT molecular complexity index is 932. The zero-order chi connectivity index (χ0) is 16.4. The fourth-order valence-electron chi connectivity index (χ4n) is 2.13. The molecule has 0 saturated carbocycles. The summed E-state index contributed by atoms with van der Waals surface area (Å²) in [5.74, 6) is -0.120. The summed E-state index contributed by atoms with van der Waals surface area (Å²) in [7, 11) is 0. The summed E-state index contributed by atoms with van der Waals surface area (Å²) in [6.45, 7) is 2.09. The second-order valence-corrected chi connectivity index (χ2v) is 6.34. The molecule has 2 heterocycles.